The summed E-state index contributed by atoms with van der Waals surface area (Å²) in [6.45, 7) is 1.85. The predicted molar refractivity (Wildman–Crippen MR) is 103 cm³/mol. The second-order valence-electron chi connectivity index (χ2n) is 6.44. The van der Waals surface area contributed by atoms with Gasteiger partial charge in [0.05, 0.1) is 12.8 Å². The monoisotopic (exact) mass is 364 g/mol. The molecule has 0 aliphatic rings. The lowest BCUT2D eigenvalue weighted by atomic mass is 10.1. The average Bonchev–Trinajstić information content (AvgIpc) is 2.62. The van der Waals surface area contributed by atoms with E-state index in [1.807, 2.05) is 24.3 Å². The van der Waals surface area contributed by atoms with Crippen LogP contribution in [-0.4, -0.2) is 50.1 Å². The molecule has 2 amide bonds. The topological polar surface area (TPSA) is 162 Å². The van der Waals surface area contributed by atoms with E-state index in [0.29, 0.717) is 51.9 Å². The first kappa shape index (κ1) is 22.0. The molecule has 10 N–H and O–H groups in total. The molecular weight excluding hydrogens is 332 g/mol. The van der Waals surface area contributed by atoms with Crippen LogP contribution in [0.1, 0.15) is 24.0 Å². The van der Waals surface area contributed by atoms with E-state index in [1.54, 1.807) is 0 Å². The van der Waals surface area contributed by atoms with Crippen molar-refractivity contribution in [2.45, 2.75) is 37.8 Å². The van der Waals surface area contributed by atoms with Crippen molar-refractivity contribution in [3.63, 3.8) is 0 Å². The molecule has 1 rings (SSSR count). The fourth-order valence-corrected chi connectivity index (χ4v) is 2.30. The van der Waals surface area contributed by atoms with Gasteiger partial charge in [-0.2, -0.15) is 0 Å². The summed E-state index contributed by atoms with van der Waals surface area (Å²) in [5.74, 6) is -0.119. The van der Waals surface area contributed by atoms with Gasteiger partial charge in [-0.15, -0.1) is 0 Å². The van der Waals surface area contributed by atoms with Gasteiger partial charge in [-0.1, -0.05) is 24.3 Å². The zero-order chi connectivity index (χ0) is 19.4. The Morgan fingerprint density at radius 1 is 0.769 bits per heavy atom. The number of nitrogens with two attached hydrogens (primary N) is 4. The Morgan fingerprint density at radius 2 is 1.12 bits per heavy atom. The van der Waals surface area contributed by atoms with Crippen molar-refractivity contribution < 1.29 is 9.59 Å². The van der Waals surface area contributed by atoms with E-state index in [1.165, 1.54) is 0 Å². The molecule has 146 valence electrons. The third-order valence-electron chi connectivity index (χ3n) is 4.03. The number of carbonyl (C=O) groups is 2. The van der Waals surface area contributed by atoms with E-state index >= 15 is 0 Å². The SMILES string of the molecule is NCC(N)CCNC(=O)Cc1ccc(CC(=O)NCCC(N)CN)cc1. The highest BCUT2D eigenvalue weighted by molar-refractivity contribution is 5.79. The zero-order valence-electron chi connectivity index (χ0n) is 15.2. The molecular formula is C18H32N6O2. The van der Waals surface area contributed by atoms with Crippen molar-refractivity contribution in [3.8, 4) is 0 Å². The van der Waals surface area contributed by atoms with Crippen LogP contribution in [0.25, 0.3) is 0 Å². The lowest BCUT2D eigenvalue weighted by Gasteiger charge is -2.10. The third kappa shape index (κ3) is 9.47. The Kier molecular flexibility index (Phi) is 10.5. The summed E-state index contributed by atoms with van der Waals surface area (Å²) < 4.78 is 0. The largest absolute Gasteiger partial charge is 0.356 e. The molecule has 0 radical (unpaired) electrons. The Hall–Kier alpha value is -2.00. The number of hydrogen-bond acceptors (Lipinski definition) is 6. The number of amides is 2. The molecule has 0 spiro atoms. The molecule has 0 saturated carbocycles. The zero-order valence-corrected chi connectivity index (χ0v) is 15.2. The molecule has 0 aromatic heterocycles. The highest BCUT2D eigenvalue weighted by Crippen LogP contribution is 2.06. The van der Waals surface area contributed by atoms with E-state index < -0.39 is 0 Å². The van der Waals surface area contributed by atoms with Crippen LogP contribution in [0.2, 0.25) is 0 Å². The Morgan fingerprint density at radius 3 is 1.42 bits per heavy atom. The van der Waals surface area contributed by atoms with Crippen molar-refractivity contribution in [2.75, 3.05) is 26.2 Å². The maximum atomic E-state index is 11.9. The molecule has 1 aromatic carbocycles. The minimum absolute atomic E-state index is 0.0593. The summed E-state index contributed by atoms with van der Waals surface area (Å²) in [6, 6.07) is 7.26. The van der Waals surface area contributed by atoms with Gasteiger partial charge in [-0.05, 0) is 24.0 Å². The lowest BCUT2D eigenvalue weighted by molar-refractivity contribution is -0.121. The van der Waals surface area contributed by atoms with Crippen LogP contribution >= 0.6 is 0 Å². The highest BCUT2D eigenvalue weighted by atomic mass is 16.2. The minimum Gasteiger partial charge on any atom is -0.356 e. The van der Waals surface area contributed by atoms with Crippen LogP contribution in [-0.2, 0) is 22.4 Å². The van der Waals surface area contributed by atoms with Gasteiger partial charge in [-0.25, -0.2) is 0 Å². The molecule has 8 heteroatoms. The summed E-state index contributed by atoms with van der Waals surface area (Å²) in [7, 11) is 0. The van der Waals surface area contributed by atoms with Crippen LogP contribution in [0.4, 0.5) is 0 Å². The van der Waals surface area contributed by atoms with E-state index in [0.717, 1.165) is 11.1 Å². The predicted octanol–water partition coefficient (Wildman–Crippen LogP) is -1.64. The first-order chi connectivity index (χ1) is 12.4. The molecule has 0 fully saturated rings. The fourth-order valence-electron chi connectivity index (χ4n) is 2.30. The molecule has 1 aromatic rings. The highest BCUT2D eigenvalue weighted by Gasteiger charge is 2.07. The van der Waals surface area contributed by atoms with Gasteiger partial charge in [0, 0.05) is 38.3 Å². The van der Waals surface area contributed by atoms with Crippen molar-refractivity contribution >= 4 is 11.8 Å². The maximum absolute atomic E-state index is 11.9. The standard InChI is InChI=1S/C18H32N6O2/c19-11-15(21)5-7-23-17(25)9-13-1-2-14(4-3-13)10-18(26)24-8-6-16(22)12-20/h1-4,15-16H,5-12,19-22H2,(H,23,25)(H,24,26). The van der Waals surface area contributed by atoms with Gasteiger partial charge in [0.2, 0.25) is 11.8 Å². The van der Waals surface area contributed by atoms with Crippen LogP contribution in [0.5, 0.6) is 0 Å². The van der Waals surface area contributed by atoms with E-state index in [4.69, 9.17) is 22.9 Å². The minimum atomic E-state index is -0.0910. The molecule has 8 nitrogen and oxygen atoms in total. The maximum Gasteiger partial charge on any atom is 0.224 e. The first-order valence-electron chi connectivity index (χ1n) is 8.97. The molecule has 26 heavy (non-hydrogen) atoms. The Bertz CT molecular complexity index is 500. The lowest BCUT2D eigenvalue weighted by Crippen LogP contribution is -2.35. The third-order valence-corrected chi connectivity index (χ3v) is 4.03. The van der Waals surface area contributed by atoms with Gasteiger partial charge < -0.3 is 33.6 Å². The van der Waals surface area contributed by atoms with Gasteiger partial charge in [0.15, 0.2) is 0 Å². The van der Waals surface area contributed by atoms with E-state index in [9.17, 15) is 9.59 Å². The van der Waals surface area contributed by atoms with Crippen molar-refractivity contribution in [2.24, 2.45) is 22.9 Å². The van der Waals surface area contributed by atoms with Crippen LogP contribution < -0.4 is 33.6 Å². The van der Waals surface area contributed by atoms with Crippen LogP contribution in [0, 0.1) is 0 Å². The van der Waals surface area contributed by atoms with Crippen molar-refractivity contribution in [1.29, 1.82) is 0 Å². The second kappa shape index (κ2) is 12.4. The summed E-state index contributed by atoms with van der Waals surface area (Å²) >= 11 is 0. The molecule has 0 saturated heterocycles. The number of hydrogen-bond donors (Lipinski definition) is 6. The molecule has 0 bridgehead atoms. The molecule has 2 unspecified atom stereocenters. The van der Waals surface area contributed by atoms with Gasteiger partial charge in [0.25, 0.3) is 0 Å². The Labute approximate surface area is 155 Å². The first-order valence-corrected chi connectivity index (χ1v) is 8.97. The van der Waals surface area contributed by atoms with Crippen LogP contribution in [0.15, 0.2) is 24.3 Å². The second-order valence-corrected chi connectivity index (χ2v) is 6.44. The average molecular weight is 364 g/mol. The summed E-state index contributed by atoms with van der Waals surface area (Å²) in [5.41, 5.74) is 24.0. The van der Waals surface area contributed by atoms with Crippen LogP contribution in [0.3, 0.4) is 0 Å². The number of carbonyl (C=O) groups excluding carboxylic acids is 2. The summed E-state index contributed by atoms with van der Waals surface area (Å²) in [6.07, 6.45) is 1.90. The van der Waals surface area contributed by atoms with Gasteiger partial charge in [-0.3, -0.25) is 9.59 Å². The van der Waals surface area contributed by atoms with E-state index in [-0.39, 0.29) is 23.9 Å². The van der Waals surface area contributed by atoms with E-state index in [2.05, 4.69) is 10.6 Å². The van der Waals surface area contributed by atoms with Crippen molar-refractivity contribution in [1.82, 2.24) is 10.6 Å². The molecule has 0 aliphatic carbocycles. The van der Waals surface area contributed by atoms with Gasteiger partial charge >= 0.3 is 0 Å². The molecule has 0 heterocycles. The smallest absolute Gasteiger partial charge is 0.224 e. The summed E-state index contributed by atoms with van der Waals surface area (Å²) in [4.78, 5) is 23.8. The van der Waals surface area contributed by atoms with Crippen molar-refractivity contribution in [3.05, 3.63) is 35.4 Å². The molecule has 2 atom stereocenters. The normalized spacial score (nSPS) is 13.1. The quantitative estimate of drug-likeness (QED) is 0.260. The number of benzene rings is 1. The fraction of sp³-hybridized carbons (Fsp3) is 0.556. The number of nitrogens with one attached hydrogen (secondary N) is 2. The summed E-state index contributed by atoms with van der Waals surface area (Å²) in [5, 5.41) is 5.64. The number of rotatable bonds is 12. The van der Waals surface area contributed by atoms with Gasteiger partial charge in [0.1, 0.15) is 0 Å². The Balaban J connectivity index is 2.32. The molecule has 0 aliphatic heterocycles.